The first-order chi connectivity index (χ1) is 34.7. The van der Waals surface area contributed by atoms with E-state index in [1.807, 2.05) is 36.4 Å². The molecule has 338 valence electrons. The van der Waals surface area contributed by atoms with E-state index in [4.69, 9.17) is 14.2 Å². The van der Waals surface area contributed by atoms with Crippen LogP contribution >= 0.6 is 11.9 Å². The number of rotatable bonds is 8. The maximum absolute atomic E-state index is 10.2. The lowest BCUT2D eigenvalue weighted by Crippen LogP contribution is -2.63. The third-order valence-electron chi connectivity index (χ3n) is 14.5. The minimum atomic E-state index is -0.236. The number of ether oxygens (including phenoxy) is 3. The standard InChI is InChI=1S/C60H45B3N4O3S/c1-35-23-38(4)58(49(24-35)65-40-15-9-6-10-16-40)61-44-31-47-53(27-37(44)3)69-56-29-43(66(41-17-11-7-12-18-41)42-19-13-8-14-20-42)30-57-60(56)63(47)48-32-45-50(33-54(48)70-57)67(71-5)51-25-36(2)26-55-59(51)62(45)46-28-39(34-64)21-22-52(46)68-55/h6-33,61,65H,1-5H3. The number of nitriles is 1. The van der Waals surface area contributed by atoms with Gasteiger partial charge >= 0.3 is 0 Å². The number of anilines is 7. The smallest absolute Gasteiger partial charge is 0.260 e. The van der Waals surface area contributed by atoms with Gasteiger partial charge in [-0.05, 0) is 157 Å². The summed E-state index contributed by atoms with van der Waals surface area (Å²) in [6.45, 7) is 8.28. The molecular formula is C60H45B3N4O3S. The van der Waals surface area contributed by atoms with Gasteiger partial charge in [0.05, 0.1) is 28.7 Å². The molecule has 1 N–H and O–H groups in total. The molecule has 0 bridgehead atoms. The third kappa shape index (κ3) is 7.07. The first-order valence-corrected chi connectivity index (χ1v) is 25.3. The van der Waals surface area contributed by atoms with Crippen molar-refractivity contribution in [3.63, 3.8) is 0 Å². The second-order valence-electron chi connectivity index (χ2n) is 19.1. The number of hydrogen-bond donors (Lipinski definition) is 1. The van der Waals surface area contributed by atoms with E-state index in [9.17, 15) is 5.26 Å². The molecule has 0 unspecified atom stereocenters. The normalized spacial score (nSPS) is 12.9. The van der Waals surface area contributed by atoms with Crippen molar-refractivity contribution in [1.29, 1.82) is 5.26 Å². The Kier molecular flexibility index (Phi) is 10.1. The van der Waals surface area contributed by atoms with Gasteiger partial charge in [0.25, 0.3) is 13.4 Å². The van der Waals surface area contributed by atoms with Crippen LogP contribution in [0.5, 0.6) is 34.5 Å². The molecule has 0 saturated heterocycles. The van der Waals surface area contributed by atoms with Gasteiger partial charge in [0, 0.05) is 52.7 Å². The Morgan fingerprint density at radius 2 is 1.14 bits per heavy atom. The number of nitrogens with one attached hydrogen (secondary N) is 1. The first-order valence-electron chi connectivity index (χ1n) is 24.1. The Bertz CT molecular complexity index is 3680. The number of hydrogen-bond acceptors (Lipinski definition) is 8. The second-order valence-corrected chi connectivity index (χ2v) is 19.8. The van der Waals surface area contributed by atoms with Gasteiger partial charge in [-0.15, -0.1) is 0 Å². The van der Waals surface area contributed by atoms with Gasteiger partial charge in [-0.2, -0.15) is 5.26 Å². The van der Waals surface area contributed by atoms with Crippen molar-refractivity contribution in [1.82, 2.24) is 0 Å². The number of fused-ring (bicyclic) bond motifs is 8. The first kappa shape index (κ1) is 42.9. The van der Waals surface area contributed by atoms with Crippen molar-refractivity contribution in [3.05, 3.63) is 198 Å². The summed E-state index contributed by atoms with van der Waals surface area (Å²) in [5, 5.41) is 14.0. The summed E-state index contributed by atoms with van der Waals surface area (Å²) < 4.78 is 23.5. The zero-order valence-electron chi connectivity index (χ0n) is 40.0. The molecule has 13 rings (SSSR count). The van der Waals surface area contributed by atoms with E-state index >= 15 is 0 Å². The summed E-state index contributed by atoms with van der Waals surface area (Å²) in [4.78, 5) is 2.26. The van der Waals surface area contributed by atoms with Crippen molar-refractivity contribution in [2.75, 3.05) is 20.8 Å². The quantitative estimate of drug-likeness (QED) is 0.120. The van der Waals surface area contributed by atoms with Crippen molar-refractivity contribution >= 4 is 116 Å². The van der Waals surface area contributed by atoms with Crippen LogP contribution in [0.1, 0.15) is 27.8 Å². The average molecular weight is 935 g/mol. The summed E-state index contributed by atoms with van der Waals surface area (Å²) in [5.74, 6) is 4.74. The minimum Gasteiger partial charge on any atom is -0.458 e. The summed E-state index contributed by atoms with van der Waals surface area (Å²) >= 11 is 1.67. The van der Waals surface area contributed by atoms with Crippen molar-refractivity contribution in [2.24, 2.45) is 0 Å². The van der Waals surface area contributed by atoms with Gasteiger partial charge in [0.1, 0.15) is 34.5 Å². The molecule has 0 saturated carbocycles. The molecule has 0 spiro atoms. The van der Waals surface area contributed by atoms with Crippen LogP contribution in [0.4, 0.5) is 39.8 Å². The van der Waals surface area contributed by atoms with E-state index in [0.717, 1.165) is 125 Å². The molecule has 0 atom stereocenters. The van der Waals surface area contributed by atoms with Gasteiger partial charge in [-0.25, -0.2) is 0 Å². The molecule has 4 aliphatic heterocycles. The molecule has 9 aromatic carbocycles. The summed E-state index contributed by atoms with van der Waals surface area (Å²) in [7, 11) is 0.726. The van der Waals surface area contributed by atoms with Crippen molar-refractivity contribution in [2.45, 2.75) is 27.7 Å². The van der Waals surface area contributed by atoms with E-state index < -0.39 is 0 Å². The predicted octanol–water partition coefficient (Wildman–Crippen LogP) is 9.47. The lowest BCUT2D eigenvalue weighted by molar-refractivity contribution is 0.465. The van der Waals surface area contributed by atoms with Crippen LogP contribution in [0, 0.1) is 39.0 Å². The van der Waals surface area contributed by atoms with Crippen molar-refractivity contribution < 1.29 is 14.2 Å². The molecule has 11 heteroatoms. The lowest BCUT2D eigenvalue weighted by atomic mass is 9.31. The SMILES string of the molecule is CSN1c2cc3c(cc2B2c4cc(C#N)ccc4Oc4cc(C)cc1c42)B1c2cc(Bc4c(C)cc(C)cc4Nc4ccccc4)c(C)cc2Oc2cc(N(c4ccccc4)c4ccccc4)cc(c21)O3. The van der Waals surface area contributed by atoms with Gasteiger partial charge in [-0.3, -0.25) is 4.31 Å². The molecule has 0 aromatic heterocycles. The van der Waals surface area contributed by atoms with Crippen LogP contribution in [-0.4, -0.2) is 27.0 Å². The van der Waals surface area contributed by atoms with Gasteiger partial charge in [-0.1, -0.05) is 94.8 Å². The van der Waals surface area contributed by atoms with Crippen LogP contribution in [0.15, 0.2) is 170 Å². The van der Waals surface area contributed by atoms with Crippen LogP contribution < -0.4 is 72.4 Å². The van der Waals surface area contributed by atoms with Crippen LogP contribution in [-0.2, 0) is 0 Å². The molecule has 4 heterocycles. The minimum absolute atomic E-state index is 0.192. The summed E-state index contributed by atoms with van der Waals surface area (Å²) in [6, 6.07) is 62.1. The maximum Gasteiger partial charge on any atom is 0.260 e. The zero-order valence-corrected chi connectivity index (χ0v) is 40.8. The van der Waals surface area contributed by atoms with Crippen molar-refractivity contribution in [3.8, 4) is 40.6 Å². The fourth-order valence-electron chi connectivity index (χ4n) is 11.4. The van der Waals surface area contributed by atoms with Crippen LogP contribution in [0.2, 0.25) is 0 Å². The number of benzene rings is 9. The highest BCUT2D eigenvalue weighted by molar-refractivity contribution is 8.00. The molecule has 0 fully saturated rings. The summed E-state index contributed by atoms with van der Waals surface area (Å²) in [5.41, 5.74) is 21.4. The third-order valence-corrected chi connectivity index (χ3v) is 15.3. The fraction of sp³-hybridized carbons (Fsp3) is 0.0833. The number of nitrogens with zero attached hydrogens (tertiary/aromatic N) is 3. The van der Waals surface area contributed by atoms with Gasteiger partial charge in [0.2, 0.25) is 0 Å². The van der Waals surface area contributed by atoms with E-state index in [1.54, 1.807) is 11.9 Å². The van der Waals surface area contributed by atoms with E-state index in [2.05, 4.69) is 188 Å². The highest BCUT2D eigenvalue weighted by Gasteiger charge is 2.46. The van der Waals surface area contributed by atoms with E-state index in [0.29, 0.717) is 5.56 Å². The molecular weight excluding hydrogens is 889 g/mol. The average Bonchev–Trinajstić information content (AvgIpc) is 3.37. The fourth-order valence-corrected chi connectivity index (χ4v) is 12.1. The largest absolute Gasteiger partial charge is 0.458 e. The highest BCUT2D eigenvalue weighted by atomic mass is 32.2. The topological polar surface area (TPSA) is 70.0 Å². The van der Waals surface area contributed by atoms with Crippen LogP contribution in [0.3, 0.4) is 0 Å². The molecule has 4 aliphatic rings. The summed E-state index contributed by atoms with van der Waals surface area (Å²) in [6.07, 6.45) is 2.12. The Morgan fingerprint density at radius 3 is 1.83 bits per heavy atom. The highest BCUT2D eigenvalue weighted by Crippen LogP contribution is 2.45. The molecule has 9 aromatic rings. The number of aryl methyl sites for hydroxylation is 4. The molecule has 0 radical (unpaired) electrons. The van der Waals surface area contributed by atoms with Gasteiger partial charge < -0.3 is 24.4 Å². The predicted molar refractivity (Wildman–Crippen MR) is 298 cm³/mol. The lowest BCUT2D eigenvalue weighted by Gasteiger charge is -2.41. The monoisotopic (exact) mass is 934 g/mol. The maximum atomic E-state index is 10.2. The molecule has 71 heavy (non-hydrogen) atoms. The number of para-hydroxylation sites is 3. The van der Waals surface area contributed by atoms with Crippen LogP contribution in [0.25, 0.3) is 0 Å². The van der Waals surface area contributed by atoms with E-state index in [1.165, 1.54) is 22.1 Å². The Hall–Kier alpha value is -8.19. The van der Waals surface area contributed by atoms with E-state index in [-0.39, 0.29) is 13.4 Å². The Morgan fingerprint density at radius 1 is 0.535 bits per heavy atom. The molecule has 0 amide bonds. The second kappa shape index (κ2) is 16.8. The Balaban J connectivity index is 1.03. The molecule has 0 aliphatic carbocycles. The zero-order chi connectivity index (χ0) is 48.1. The molecule has 7 nitrogen and oxygen atoms in total. The Labute approximate surface area is 420 Å². The van der Waals surface area contributed by atoms with Gasteiger partial charge in [0.15, 0.2) is 7.28 Å².